The summed E-state index contributed by atoms with van der Waals surface area (Å²) in [5.41, 5.74) is 1.12. The summed E-state index contributed by atoms with van der Waals surface area (Å²) in [5, 5.41) is 3.76. The molecule has 0 spiro atoms. The van der Waals surface area contributed by atoms with Crippen molar-refractivity contribution in [3.8, 4) is 11.3 Å². The molecule has 0 aliphatic carbocycles. The number of ketones is 1. The van der Waals surface area contributed by atoms with Crippen molar-refractivity contribution in [2.75, 3.05) is 6.26 Å². The van der Waals surface area contributed by atoms with Crippen molar-refractivity contribution in [3.05, 3.63) is 42.1 Å². The third-order valence-corrected chi connectivity index (χ3v) is 6.41. The minimum absolute atomic E-state index is 0.201. The van der Waals surface area contributed by atoms with Crippen molar-refractivity contribution >= 4 is 44.9 Å². The first-order valence-electron chi connectivity index (χ1n) is 5.48. The predicted octanol–water partition coefficient (Wildman–Crippen LogP) is 1.40. The number of Topliss-reactive ketones (excluding diaryl/α,β-unsaturated/α-hetero) is 1. The van der Waals surface area contributed by atoms with E-state index in [1.54, 1.807) is 6.07 Å². The quantitative estimate of drug-likeness (QED) is 0.479. The van der Waals surface area contributed by atoms with E-state index in [-0.39, 0.29) is 11.5 Å². The Kier molecular flexibility index (Phi) is 4.64. The Balaban J connectivity index is 2.24. The molecule has 0 aliphatic rings. The van der Waals surface area contributed by atoms with Crippen LogP contribution in [0.2, 0.25) is 0 Å². The van der Waals surface area contributed by atoms with Gasteiger partial charge in [-0.2, -0.15) is 0 Å². The molecule has 1 aromatic heterocycles. The van der Waals surface area contributed by atoms with E-state index in [1.165, 1.54) is 6.26 Å². The van der Waals surface area contributed by atoms with Crippen LogP contribution in [-0.4, -0.2) is 52.2 Å². The van der Waals surface area contributed by atoms with Gasteiger partial charge in [0.05, 0.1) is 0 Å². The molecule has 0 fully saturated rings. The molecule has 2 rings (SSSR count). The van der Waals surface area contributed by atoms with Crippen molar-refractivity contribution in [1.82, 2.24) is 5.16 Å². The zero-order chi connectivity index (χ0) is 13.1. The van der Waals surface area contributed by atoms with Crippen LogP contribution in [0.5, 0.6) is 0 Å². The number of aromatic nitrogens is 1. The van der Waals surface area contributed by atoms with Crippen LogP contribution in [0.25, 0.3) is 11.3 Å². The van der Waals surface area contributed by atoms with Gasteiger partial charge in [-0.25, -0.2) is 0 Å². The van der Waals surface area contributed by atoms with Crippen LogP contribution in [0.1, 0.15) is 10.5 Å². The maximum absolute atomic E-state index is 11.9. The summed E-state index contributed by atoms with van der Waals surface area (Å²) < 4.78 is 16.0. The second kappa shape index (κ2) is 6.04. The molecule has 2 unspecified atom stereocenters. The molecule has 18 heavy (non-hydrogen) atoms. The average molecular weight is 271 g/mol. The van der Waals surface area contributed by atoms with Gasteiger partial charge in [-0.3, -0.25) is 0 Å². The standard InChI is InChI=1S/C12H10NO3S.Na/c1-17(15)8-11(14)10-7-12(16-13-10)9-5-3-2-4-6-9;/h2-8H,1H3;. The summed E-state index contributed by atoms with van der Waals surface area (Å²) in [7, 11) is 0. The second-order valence-electron chi connectivity index (χ2n) is 3.95. The normalized spacial score (nSPS) is 14.2. The monoisotopic (exact) mass is 271 g/mol. The zero-order valence-corrected chi connectivity index (χ0v) is 12.9. The molecule has 2 atom stereocenters. The van der Waals surface area contributed by atoms with E-state index in [0.717, 1.165) is 5.56 Å². The fraction of sp³-hybridized carbons (Fsp3) is 0.167. The molecule has 0 aliphatic heterocycles. The summed E-state index contributed by atoms with van der Waals surface area (Å²) in [6.45, 7) is 0. The Morgan fingerprint density at radius 2 is 2.11 bits per heavy atom. The van der Waals surface area contributed by atoms with Gasteiger partial charge in [-0.15, -0.1) is 0 Å². The maximum atomic E-state index is 11.9. The van der Waals surface area contributed by atoms with Gasteiger partial charge >= 0.3 is 126 Å². The minimum atomic E-state index is -1.15. The van der Waals surface area contributed by atoms with Gasteiger partial charge in [0, 0.05) is 0 Å². The Bertz CT molecular complexity index is 541. The van der Waals surface area contributed by atoms with Crippen LogP contribution in [0.15, 0.2) is 40.9 Å². The molecule has 4 nitrogen and oxygen atoms in total. The number of hydrogen-bond donors (Lipinski definition) is 0. The summed E-state index contributed by atoms with van der Waals surface area (Å²) in [4.78, 5) is 11.9. The molecule has 0 radical (unpaired) electrons. The molecule has 2 aromatic rings. The topological polar surface area (TPSA) is 66.2 Å². The number of hydrogen-bond acceptors (Lipinski definition) is 4. The number of benzene rings is 1. The average Bonchev–Trinajstić information content (AvgIpc) is 2.87. The van der Waals surface area contributed by atoms with Crippen molar-refractivity contribution in [3.63, 3.8) is 0 Å². The Hall–Kier alpha value is -0.590. The third kappa shape index (κ3) is 3.05. The molecule has 0 N–H and O–H groups in total. The van der Waals surface area contributed by atoms with Gasteiger partial charge in [0.15, 0.2) is 0 Å². The van der Waals surface area contributed by atoms with Gasteiger partial charge < -0.3 is 0 Å². The van der Waals surface area contributed by atoms with Gasteiger partial charge in [0.1, 0.15) is 0 Å². The fourth-order valence-corrected chi connectivity index (χ4v) is 2.21. The van der Waals surface area contributed by atoms with E-state index < -0.39 is 13.7 Å². The summed E-state index contributed by atoms with van der Waals surface area (Å²) in [6.07, 6.45) is 1.54. The second-order valence-corrected chi connectivity index (χ2v) is 7.64. The van der Waals surface area contributed by atoms with Crippen LogP contribution < -0.4 is 0 Å². The SMILES string of the molecule is C[S+]([O-])[CH]([Na])C(=O)c1cc(-c2ccccc2)on1. The van der Waals surface area contributed by atoms with E-state index >= 15 is 0 Å². The summed E-state index contributed by atoms with van der Waals surface area (Å²) in [5.74, 6) is 0.350. The van der Waals surface area contributed by atoms with E-state index in [0.29, 0.717) is 33.7 Å². The van der Waals surface area contributed by atoms with Crippen LogP contribution in [0.4, 0.5) is 0 Å². The Morgan fingerprint density at radius 1 is 1.44 bits per heavy atom. The van der Waals surface area contributed by atoms with E-state index in [2.05, 4.69) is 5.16 Å². The molecule has 88 valence electrons. The Morgan fingerprint density at radius 3 is 2.72 bits per heavy atom. The van der Waals surface area contributed by atoms with Gasteiger partial charge in [-0.1, -0.05) is 0 Å². The number of carbonyl (C=O) groups is 1. The number of rotatable bonds is 4. The summed E-state index contributed by atoms with van der Waals surface area (Å²) in [6, 6.07) is 11.0. The first-order valence-corrected chi connectivity index (χ1v) is 8.26. The molecule has 1 aromatic carbocycles. The van der Waals surface area contributed by atoms with Gasteiger partial charge in [-0.05, 0) is 0 Å². The van der Waals surface area contributed by atoms with Crippen molar-refractivity contribution in [2.24, 2.45) is 0 Å². The van der Waals surface area contributed by atoms with E-state index in [4.69, 9.17) is 4.52 Å². The molecule has 0 bridgehead atoms. The predicted molar refractivity (Wildman–Crippen MR) is 69.9 cm³/mol. The first-order chi connectivity index (χ1) is 8.59. The fourth-order valence-electron chi connectivity index (χ4n) is 1.49. The molecular weight excluding hydrogens is 261 g/mol. The molecule has 6 heteroatoms. The van der Waals surface area contributed by atoms with Crippen LogP contribution in [-0.2, 0) is 11.2 Å². The van der Waals surface area contributed by atoms with Gasteiger partial charge in [0.25, 0.3) is 0 Å². The molecule has 1 heterocycles. The van der Waals surface area contributed by atoms with E-state index in [9.17, 15) is 9.35 Å². The van der Waals surface area contributed by atoms with Crippen molar-refractivity contribution < 1.29 is 13.9 Å². The molecule has 0 saturated carbocycles. The van der Waals surface area contributed by atoms with E-state index in [1.807, 2.05) is 30.3 Å². The molecule has 0 amide bonds. The molecule has 0 saturated heterocycles. The van der Waals surface area contributed by atoms with Crippen molar-refractivity contribution in [1.29, 1.82) is 0 Å². The van der Waals surface area contributed by atoms with Crippen LogP contribution >= 0.6 is 0 Å². The van der Waals surface area contributed by atoms with Gasteiger partial charge in [0.2, 0.25) is 0 Å². The van der Waals surface area contributed by atoms with Crippen molar-refractivity contribution in [2.45, 2.75) is 2.50 Å². The number of carbonyl (C=O) groups excluding carboxylic acids is 1. The Labute approximate surface area is 125 Å². The molecular formula is C12H10NNaO3S. The first kappa shape index (κ1) is 13.8. The van der Waals surface area contributed by atoms with Crippen LogP contribution in [0, 0.1) is 0 Å². The zero-order valence-electron chi connectivity index (χ0n) is 10.1. The summed E-state index contributed by atoms with van der Waals surface area (Å²) >= 11 is -0.605. The van der Waals surface area contributed by atoms with Crippen LogP contribution in [0.3, 0.4) is 0 Å². The third-order valence-electron chi connectivity index (χ3n) is 2.69. The number of nitrogens with zero attached hydrogens (tertiary/aromatic N) is 1.